The van der Waals surface area contributed by atoms with Crippen LogP contribution in [0.3, 0.4) is 0 Å². The first-order valence-corrected chi connectivity index (χ1v) is 6.45. The molecule has 0 saturated carbocycles. The molecule has 0 saturated heterocycles. The summed E-state index contributed by atoms with van der Waals surface area (Å²) in [5, 5.41) is 3.94. The fourth-order valence-electron chi connectivity index (χ4n) is 1.75. The first-order chi connectivity index (χ1) is 10.4. The Morgan fingerprint density at radius 2 is 1.55 bits per heavy atom. The van der Waals surface area contributed by atoms with Gasteiger partial charge in [0, 0.05) is 5.56 Å². The van der Waals surface area contributed by atoms with Gasteiger partial charge >= 0.3 is 6.18 Å². The number of halogens is 3. The summed E-state index contributed by atoms with van der Waals surface area (Å²) in [6, 6.07) is 13.2. The lowest BCUT2D eigenvalue weighted by Gasteiger charge is -2.07. The van der Waals surface area contributed by atoms with Gasteiger partial charge in [0.2, 0.25) is 0 Å². The molecule has 114 valence electrons. The van der Waals surface area contributed by atoms with Gasteiger partial charge in [-0.3, -0.25) is 4.79 Å². The second kappa shape index (κ2) is 6.43. The van der Waals surface area contributed by atoms with Gasteiger partial charge in [0.1, 0.15) is 0 Å². The maximum atomic E-state index is 12.4. The van der Waals surface area contributed by atoms with E-state index in [1.165, 1.54) is 0 Å². The van der Waals surface area contributed by atoms with Crippen LogP contribution in [0.2, 0.25) is 0 Å². The Morgan fingerprint density at radius 1 is 0.955 bits per heavy atom. The van der Waals surface area contributed by atoms with E-state index < -0.39 is 17.6 Å². The monoisotopic (exact) mass is 306 g/mol. The third kappa shape index (κ3) is 3.94. The molecule has 0 aliphatic rings. The quantitative estimate of drug-likeness (QED) is 0.679. The van der Waals surface area contributed by atoms with Crippen LogP contribution in [0.5, 0.6) is 0 Å². The summed E-state index contributed by atoms with van der Waals surface area (Å²) in [6.45, 7) is 1.72. The zero-order valence-corrected chi connectivity index (χ0v) is 11.7. The van der Waals surface area contributed by atoms with Crippen LogP contribution in [-0.2, 0) is 6.18 Å². The first kappa shape index (κ1) is 15.8. The summed E-state index contributed by atoms with van der Waals surface area (Å²) in [4.78, 5) is 11.8. The Labute approximate surface area is 125 Å². The van der Waals surface area contributed by atoms with Crippen LogP contribution in [-0.4, -0.2) is 11.6 Å². The molecule has 2 aromatic rings. The van der Waals surface area contributed by atoms with Crippen LogP contribution in [0.25, 0.3) is 0 Å². The first-order valence-electron chi connectivity index (χ1n) is 6.45. The molecular formula is C16H13F3N2O. The standard InChI is InChI=1S/C16H13F3N2O/c1-11(12-5-3-2-4-6-12)20-21-15(22)13-7-9-14(10-8-13)16(17,18)19/h2-10H,1H3,(H,21,22)/b20-11+. The predicted molar refractivity (Wildman–Crippen MR) is 77.6 cm³/mol. The van der Waals surface area contributed by atoms with E-state index in [0.29, 0.717) is 5.71 Å². The van der Waals surface area contributed by atoms with Gasteiger partial charge < -0.3 is 0 Å². The molecule has 0 aliphatic carbocycles. The lowest BCUT2D eigenvalue weighted by molar-refractivity contribution is -0.137. The number of nitrogens with one attached hydrogen (secondary N) is 1. The molecule has 1 N–H and O–H groups in total. The number of alkyl halides is 3. The fraction of sp³-hybridized carbons (Fsp3) is 0.125. The van der Waals surface area contributed by atoms with Gasteiger partial charge in [-0.05, 0) is 36.8 Å². The van der Waals surface area contributed by atoms with Gasteiger partial charge in [0.25, 0.3) is 5.91 Å². The summed E-state index contributed by atoms with van der Waals surface area (Å²) in [5.41, 5.74) is 3.07. The third-order valence-corrected chi connectivity index (χ3v) is 2.99. The second-order valence-electron chi connectivity index (χ2n) is 4.58. The number of nitrogens with zero attached hydrogens (tertiary/aromatic N) is 1. The highest BCUT2D eigenvalue weighted by molar-refractivity contribution is 6.00. The Hall–Kier alpha value is -2.63. The fourth-order valence-corrected chi connectivity index (χ4v) is 1.75. The molecule has 0 bridgehead atoms. The van der Waals surface area contributed by atoms with E-state index in [0.717, 1.165) is 29.8 Å². The van der Waals surface area contributed by atoms with E-state index in [-0.39, 0.29) is 5.56 Å². The Bertz CT molecular complexity index is 677. The highest BCUT2D eigenvalue weighted by Gasteiger charge is 2.30. The highest BCUT2D eigenvalue weighted by Crippen LogP contribution is 2.29. The molecular weight excluding hydrogens is 293 g/mol. The van der Waals surface area contributed by atoms with Crippen molar-refractivity contribution >= 4 is 11.6 Å². The van der Waals surface area contributed by atoms with E-state index >= 15 is 0 Å². The summed E-state index contributed by atoms with van der Waals surface area (Å²) in [7, 11) is 0. The minimum atomic E-state index is -4.42. The SMILES string of the molecule is C/C(=N\NC(=O)c1ccc(C(F)(F)F)cc1)c1ccccc1. The van der Waals surface area contributed by atoms with E-state index in [2.05, 4.69) is 10.5 Å². The molecule has 0 aliphatic heterocycles. The summed E-state index contributed by atoms with van der Waals surface area (Å²) in [6.07, 6.45) is -4.42. The lowest BCUT2D eigenvalue weighted by Crippen LogP contribution is -2.19. The minimum Gasteiger partial charge on any atom is -0.267 e. The van der Waals surface area contributed by atoms with Gasteiger partial charge in [-0.2, -0.15) is 18.3 Å². The molecule has 0 radical (unpaired) electrons. The van der Waals surface area contributed by atoms with Crippen molar-refractivity contribution in [3.8, 4) is 0 Å². The van der Waals surface area contributed by atoms with Crippen molar-refractivity contribution in [1.82, 2.24) is 5.43 Å². The zero-order chi connectivity index (χ0) is 16.2. The normalized spacial score (nSPS) is 12.1. The number of hydrogen-bond acceptors (Lipinski definition) is 2. The van der Waals surface area contributed by atoms with Crippen molar-refractivity contribution in [1.29, 1.82) is 0 Å². The number of benzene rings is 2. The van der Waals surface area contributed by atoms with E-state index in [9.17, 15) is 18.0 Å². The molecule has 0 heterocycles. The zero-order valence-electron chi connectivity index (χ0n) is 11.7. The van der Waals surface area contributed by atoms with Crippen molar-refractivity contribution in [2.75, 3.05) is 0 Å². The number of hydrogen-bond donors (Lipinski definition) is 1. The molecule has 0 fully saturated rings. The Kier molecular flexibility index (Phi) is 4.60. The highest BCUT2D eigenvalue weighted by atomic mass is 19.4. The Morgan fingerprint density at radius 3 is 2.09 bits per heavy atom. The average molecular weight is 306 g/mol. The van der Waals surface area contributed by atoms with Crippen LogP contribution >= 0.6 is 0 Å². The molecule has 0 atom stereocenters. The smallest absolute Gasteiger partial charge is 0.267 e. The van der Waals surface area contributed by atoms with Gasteiger partial charge in [0.05, 0.1) is 11.3 Å². The predicted octanol–water partition coefficient (Wildman–Crippen LogP) is 3.86. The number of carbonyl (C=O) groups is 1. The topological polar surface area (TPSA) is 41.5 Å². The Balaban J connectivity index is 2.07. The third-order valence-electron chi connectivity index (χ3n) is 2.99. The maximum absolute atomic E-state index is 12.4. The lowest BCUT2D eigenvalue weighted by atomic mass is 10.1. The van der Waals surface area contributed by atoms with E-state index in [1.54, 1.807) is 6.92 Å². The van der Waals surface area contributed by atoms with Crippen LogP contribution < -0.4 is 5.43 Å². The van der Waals surface area contributed by atoms with E-state index in [4.69, 9.17) is 0 Å². The summed E-state index contributed by atoms with van der Waals surface area (Å²) < 4.78 is 37.3. The number of amides is 1. The average Bonchev–Trinajstić information content (AvgIpc) is 2.52. The minimum absolute atomic E-state index is 0.109. The number of hydrazone groups is 1. The number of carbonyl (C=O) groups excluding carboxylic acids is 1. The molecule has 1 amide bonds. The summed E-state index contributed by atoms with van der Waals surface area (Å²) in [5.74, 6) is -0.566. The van der Waals surface area contributed by atoms with Crippen LogP contribution in [0.1, 0.15) is 28.4 Å². The molecule has 22 heavy (non-hydrogen) atoms. The molecule has 6 heteroatoms. The molecule has 0 unspecified atom stereocenters. The van der Waals surface area contributed by atoms with Crippen molar-refractivity contribution in [2.45, 2.75) is 13.1 Å². The van der Waals surface area contributed by atoms with Crippen molar-refractivity contribution in [3.05, 3.63) is 71.3 Å². The largest absolute Gasteiger partial charge is 0.416 e. The van der Waals surface area contributed by atoms with Gasteiger partial charge in [0.15, 0.2) is 0 Å². The van der Waals surface area contributed by atoms with Crippen molar-refractivity contribution < 1.29 is 18.0 Å². The maximum Gasteiger partial charge on any atom is 0.416 e. The molecule has 2 rings (SSSR count). The van der Waals surface area contributed by atoms with Gasteiger partial charge in [-0.15, -0.1) is 0 Å². The van der Waals surface area contributed by atoms with Gasteiger partial charge in [-0.1, -0.05) is 30.3 Å². The molecule has 0 spiro atoms. The van der Waals surface area contributed by atoms with E-state index in [1.807, 2.05) is 30.3 Å². The van der Waals surface area contributed by atoms with Crippen molar-refractivity contribution in [3.63, 3.8) is 0 Å². The summed E-state index contributed by atoms with van der Waals surface area (Å²) >= 11 is 0. The van der Waals surface area contributed by atoms with Crippen LogP contribution in [0.4, 0.5) is 13.2 Å². The van der Waals surface area contributed by atoms with Gasteiger partial charge in [-0.25, -0.2) is 5.43 Å². The van der Waals surface area contributed by atoms with Crippen molar-refractivity contribution in [2.24, 2.45) is 5.10 Å². The van der Waals surface area contributed by atoms with Crippen LogP contribution in [0, 0.1) is 0 Å². The van der Waals surface area contributed by atoms with Crippen LogP contribution in [0.15, 0.2) is 59.7 Å². The molecule has 3 nitrogen and oxygen atoms in total. The molecule has 2 aromatic carbocycles. The molecule has 0 aromatic heterocycles. The second-order valence-corrected chi connectivity index (χ2v) is 4.58. The number of rotatable bonds is 3.